The predicted octanol–water partition coefficient (Wildman–Crippen LogP) is 2.27. The van der Waals surface area contributed by atoms with E-state index >= 15 is 0 Å². The van der Waals surface area contributed by atoms with Crippen molar-refractivity contribution in [3.63, 3.8) is 0 Å². The largest absolute Gasteiger partial charge is 0.382 e. The van der Waals surface area contributed by atoms with Crippen LogP contribution in [-0.2, 0) is 4.79 Å². The minimum absolute atomic E-state index is 0.0790. The van der Waals surface area contributed by atoms with Crippen LogP contribution in [0.15, 0.2) is 23.1 Å². The molecule has 0 radical (unpaired) electrons. The van der Waals surface area contributed by atoms with E-state index in [1.807, 2.05) is 6.07 Å². The van der Waals surface area contributed by atoms with Crippen LogP contribution in [-0.4, -0.2) is 24.2 Å². The van der Waals surface area contributed by atoms with E-state index < -0.39 is 0 Å². The Hall–Kier alpha value is -1.20. The molecule has 1 aromatic carbocycles. The highest BCUT2D eigenvalue weighted by molar-refractivity contribution is 8.00. The zero-order valence-corrected chi connectivity index (χ0v) is 11.6. The van der Waals surface area contributed by atoms with Crippen LogP contribution in [0.4, 0.5) is 11.4 Å². The number of carbonyl (C=O) groups is 1. The molecule has 19 heavy (non-hydrogen) atoms. The van der Waals surface area contributed by atoms with Gasteiger partial charge in [-0.1, -0.05) is 6.42 Å². The van der Waals surface area contributed by atoms with Crippen molar-refractivity contribution in [3.05, 3.63) is 18.2 Å². The lowest BCUT2D eigenvalue weighted by molar-refractivity contribution is -0.113. The average Bonchev–Trinajstić information content (AvgIpc) is 2.85. The molecule has 2 aliphatic rings. The second-order valence-electron chi connectivity index (χ2n) is 5.23. The van der Waals surface area contributed by atoms with E-state index in [2.05, 4.69) is 22.8 Å². The summed E-state index contributed by atoms with van der Waals surface area (Å²) in [6, 6.07) is 6.67. The summed E-state index contributed by atoms with van der Waals surface area (Å²) in [6.07, 6.45) is 3.64. The zero-order chi connectivity index (χ0) is 13.2. The van der Waals surface area contributed by atoms with Crippen molar-refractivity contribution in [2.24, 2.45) is 11.7 Å². The highest BCUT2D eigenvalue weighted by Crippen LogP contribution is 2.35. The Bertz CT molecular complexity index is 492. The lowest BCUT2D eigenvalue weighted by Crippen LogP contribution is -2.29. The summed E-state index contributed by atoms with van der Waals surface area (Å²) in [5, 5.41) is 6.49. The molecular weight excluding hydrogens is 258 g/mol. The van der Waals surface area contributed by atoms with Crippen molar-refractivity contribution < 1.29 is 4.79 Å². The second-order valence-corrected chi connectivity index (χ2v) is 6.24. The number of fused-ring (bicyclic) bond motifs is 1. The fourth-order valence-electron chi connectivity index (χ4n) is 2.90. The van der Waals surface area contributed by atoms with Gasteiger partial charge in [-0.15, -0.1) is 11.8 Å². The molecule has 1 saturated carbocycles. The Labute approximate surface area is 117 Å². The van der Waals surface area contributed by atoms with Crippen molar-refractivity contribution in [2.75, 3.05) is 22.9 Å². The maximum atomic E-state index is 11.4. The molecule has 5 heteroatoms. The van der Waals surface area contributed by atoms with E-state index in [1.165, 1.54) is 19.3 Å². The lowest BCUT2D eigenvalue weighted by atomic mass is 10.0. The quantitative estimate of drug-likeness (QED) is 0.793. The van der Waals surface area contributed by atoms with E-state index in [-0.39, 0.29) is 5.91 Å². The van der Waals surface area contributed by atoms with Crippen LogP contribution >= 0.6 is 11.8 Å². The topological polar surface area (TPSA) is 67.2 Å². The third kappa shape index (κ3) is 2.72. The number of rotatable bonds is 3. The Morgan fingerprint density at radius 3 is 3.16 bits per heavy atom. The highest BCUT2D eigenvalue weighted by Gasteiger charge is 2.26. The van der Waals surface area contributed by atoms with Gasteiger partial charge in [-0.25, -0.2) is 0 Å². The molecule has 1 aliphatic heterocycles. The average molecular weight is 277 g/mol. The molecule has 1 heterocycles. The molecule has 1 fully saturated rings. The fraction of sp³-hybridized carbons (Fsp3) is 0.500. The molecule has 1 amide bonds. The first kappa shape index (κ1) is 12.8. The molecule has 1 aromatic rings. The van der Waals surface area contributed by atoms with Gasteiger partial charge in [0, 0.05) is 16.6 Å². The van der Waals surface area contributed by atoms with E-state index in [4.69, 9.17) is 5.73 Å². The molecule has 0 bridgehead atoms. The molecule has 2 atom stereocenters. The van der Waals surface area contributed by atoms with Gasteiger partial charge < -0.3 is 16.4 Å². The van der Waals surface area contributed by atoms with Crippen LogP contribution in [0.25, 0.3) is 0 Å². The normalized spacial score (nSPS) is 25.8. The van der Waals surface area contributed by atoms with Gasteiger partial charge in [-0.3, -0.25) is 4.79 Å². The second kappa shape index (κ2) is 5.43. The number of hydrogen-bond donors (Lipinski definition) is 3. The van der Waals surface area contributed by atoms with E-state index in [1.54, 1.807) is 11.8 Å². The summed E-state index contributed by atoms with van der Waals surface area (Å²) >= 11 is 1.59. The first-order valence-electron chi connectivity index (χ1n) is 6.79. The van der Waals surface area contributed by atoms with Gasteiger partial charge in [0.1, 0.15) is 0 Å². The smallest absolute Gasteiger partial charge is 0.234 e. The van der Waals surface area contributed by atoms with E-state index in [0.717, 1.165) is 22.8 Å². The van der Waals surface area contributed by atoms with E-state index in [9.17, 15) is 4.79 Å². The van der Waals surface area contributed by atoms with Crippen LogP contribution in [0.2, 0.25) is 0 Å². The molecule has 4 nitrogen and oxygen atoms in total. The van der Waals surface area contributed by atoms with E-state index in [0.29, 0.717) is 17.7 Å². The number of hydrogen-bond acceptors (Lipinski definition) is 4. The monoisotopic (exact) mass is 277 g/mol. The van der Waals surface area contributed by atoms with Crippen molar-refractivity contribution >= 4 is 29.0 Å². The molecule has 102 valence electrons. The van der Waals surface area contributed by atoms with Gasteiger partial charge in [-0.2, -0.15) is 0 Å². The predicted molar refractivity (Wildman–Crippen MR) is 79.6 cm³/mol. The fourth-order valence-corrected chi connectivity index (χ4v) is 3.68. The molecule has 2 unspecified atom stereocenters. The van der Waals surface area contributed by atoms with Crippen LogP contribution in [0, 0.1) is 5.92 Å². The summed E-state index contributed by atoms with van der Waals surface area (Å²) in [5.74, 6) is 1.16. The maximum absolute atomic E-state index is 11.4. The zero-order valence-electron chi connectivity index (χ0n) is 10.8. The van der Waals surface area contributed by atoms with Gasteiger partial charge >= 0.3 is 0 Å². The van der Waals surface area contributed by atoms with Crippen LogP contribution in [0.1, 0.15) is 19.3 Å². The van der Waals surface area contributed by atoms with Gasteiger partial charge in [-0.05, 0) is 43.5 Å². The van der Waals surface area contributed by atoms with Crippen molar-refractivity contribution in [1.82, 2.24) is 0 Å². The molecule has 0 spiro atoms. The highest BCUT2D eigenvalue weighted by atomic mass is 32.2. The third-order valence-corrected chi connectivity index (χ3v) is 5.00. The van der Waals surface area contributed by atoms with Crippen LogP contribution in [0.3, 0.4) is 0 Å². The molecule has 3 rings (SSSR count). The number of nitrogens with two attached hydrogens (primary N) is 1. The number of amides is 1. The lowest BCUT2D eigenvalue weighted by Gasteiger charge is -2.23. The Balaban J connectivity index is 1.75. The number of benzene rings is 1. The molecular formula is C14H19N3OS. The van der Waals surface area contributed by atoms with Gasteiger partial charge in [0.05, 0.1) is 11.4 Å². The standard InChI is InChI=1S/C14H19N3OS/c15-7-9-2-1-3-11(9)16-10-4-5-13-12(6-10)17-14(18)8-19-13/h4-6,9,11,16H,1-3,7-8,15H2,(H,17,18). The summed E-state index contributed by atoms with van der Waals surface area (Å²) in [4.78, 5) is 12.6. The molecule has 0 aromatic heterocycles. The SMILES string of the molecule is NCC1CCCC1Nc1ccc2c(c1)NC(=O)CS2. The first-order valence-corrected chi connectivity index (χ1v) is 7.78. The van der Waals surface area contributed by atoms with Gasteiger partial charge in [0.2, 0.25) is 5.91 Å². The Morgan fingerprint density at radius 1 is 1.42 bits per heavy atom. The Kier molecular flexibility index (Phi) is 3.66. The third-order valence-electron chi connectivity index (χ3n) is 3.93. The van der Waals surface area contributed by atoms with Crippen LogP contribution < -0.4 is 16.4 Å². The van der Waals surface area contributed by atoms with Gasteiger partial charge in [0.15, 0.2) is 0 Å². The van der Waals surface area contributed by atoms with Crippen molar-refractivity contribution in [1.29, 1.82) is 0 Å². The van der Waals surface area contributed by atoms with Crippen LogP contribution in [0.5, 0.6) is 0 Å². The summed E-state index contributed by atoms with van der Waals surface area (Å²) in [7, 11) is 0. The Morgan fingerprint density at radius 2 is 2.32 bits per heavy atom. The first-order chi connectivity index (χ1) is 9.26. The summed E-state index contributed by atoms with van der Waals surface area (Å²) in [5.41, 5.74) is 7.81. The molecule has 4 N–H and O–H groups in total. The minimum atomic E-state index is 0.0790. The number of carbonyl (C=O) groups excluding carboxylic acids is 1. The molecule has 0 saturated heterocycles. The summed E-state index contributed by atoms with van der Waals surface area (Å²) < 4.78 is 0. The van der Waals surface area contributed by atoms with Gasteiger partial charge in [0.25, 0.3) is 0 Å². The minimum Gasteiger partial charge on any atom is -0.382 e. The maximum Gasteiger partial charge on any atom is 0.234 e. The number of nitrogens with one attached hydrogen (secondary N) is 2. The number of anilines is 2. The molecule has 1 aliphatic carbocycles. The number of thioether (sulfide) groups is 1. The summed E-state index contributed by atoms with van der Waals surface area (Å²) in [6.45, 7) is 0.745. The van der Waals surface area contributed by atoms with Crippen molar-refractivity contribution in [2.45, 2.75) is 30.2 Å². The van der Waals surface area contributed by atoms with Crippen molar-refractivity contribution in [3.8, 4) is 0 Å².